The van der Waals surface area contributed by atoms with Crippen LogP contribution in [-0.4, -0.2) is 42.2 Å². The highest BCUT2D eigenvalue weighted by Crippen LogP contribution is 2.26. The van der Waals surface area contributed by atoms with Gasteiger partial charge in [0.15, 0.2) is 0 Å². The summed E-state index contributed by atoms with van der Waals surface area (Å²) in [5, 5.41) is 0. The van der Waals surface area contributed by atoms with Crippen molar-refractivity contribution < 1.29 is 47.6 Å². The maximum Gasteiger partial charge on any atom is 0.452 e. The molecule has 2 atom stereocenters. The lowest BCUT2D eigenvalue weighted by Gasteiger charge is -2.26. The Labute approximate surface area is 188 Å². The van der Waals surface area contributed by atoms with E-state index in [0.717, 1.165) is 12.5 Å². The van der Waals surface area contributed by atoms with E-state index in [1.54, 1.807) is 36.4 Å². The van der Waals surface area contributed by atoms with E-state index in [1.807, 2.05) is 0 Å². The van der Waals surface area contributed by atoms with Crippen LogP contribution in [0.15, 0.2) is 73.2 Å². The van der Waals surface area contributed by atoms with Crippen LogP contribution in [0.5, 0.6) is 0 Å². The van der Waals surface area contributed by atoms with Crippen molar-refractivity contribution in [2.45, 2.75) is 32.2 Å². The standard InChI is InChI=1S/C23H20O10/c1-15(30-19(24)17-9-5-3-6-10-17)32-21(26)23(28-13-14-29-23)22(27)33-16(2)31-20(25)18-11-7-4-8-12-18/h3-16H,1-2H3. The van der Waals surface area contributed by atoms with Crippen LogP contribution in [0.4, 0.5) is 0 Å². The summed E-state index contributed by atoms with van der Waals surface area (Å²) in [4.78, 5) is 49.5. The zero-order valence-electron chi connectivity index (χ0n) is 17.7. The van der Waals surface area contributed by atoms with Crippen LogP contribution in [0.3, 0.4) is 0 Å². The molecule has 0 N–H and O–H groups in total. The molecule has 0 bridgehead atoms. The number of carbonyl (C=O) groups excluding carboxylic acids is 4. The Morgan fingerprint density at radius 1 is 0.636 bits per heavy atom. The molecule has 0 radical (unpaired) electrons. The predicted molar refractivity (Wildman–Crippen MR) is 109 cm³/mol. The Morgan fingerprint density at radius 3 is 1.36 bits per heavy atom. The van der Waals surface area contributed by atoms with Crippen molar-refractivity contribution in [1.29, 1.82) is 0 Å². The SMILES string of the molecule is CC(OC(=O)c1ccccc1)OC(=O)C1(C(=O)OC(C)OC(=O)c2ccccc2)OC=CO1. The molecule has 33 heavy (non-hydrogen) atoms. The molecule has 0 amide bonds. The third-order valence-electron chi connectivity index (χ3n) is 4.17. The van der Waals surface area contributed by atoms with Gasteiger partial charge in [-0.3, -0.25) is 0 Å². The molecule has 10 nitrogen and oxygen atoms in total. The highest BCUT2D eigenvalue weighted by molar-refractivity contribution is 6.02. The van der Waals surface area contributed by atoms with Crippen LogP contribution in [0, 0.1) is 0 Å². The van der Waals surface area contributed by atoms with Gasteiger partial charge in [0, 0.05) is 13.8 Å². The van der Waals surface area contributed by atoms with E-state index in [2.05, 4.69) is 0 Å². The quantitative estimate of drug-likeness (QED) is 0.333. The molecular weight excluding hydrogens is 436 g/mol. The van der Waals surface area contributed by atoms with Crippen LogP contribution < -0.4 is 0 Å². The lowest BCUT2D eigenvalue weighted by molar-refractivity contribution is -0.235. The molecule has 2 aromatic rings. The van der Waals surface area contributed by atoms with E-state index in [-0.39, 0.29) is 11.1 Å². The zero-order chi connectivity index (χ0) is 23.8. The van der Waals surface area contributed by atoms with Gasteiger partial charge in [-0.1, -0.05) is 36.4 Å². The average Bonchev–Trinajstić information content (AvgIpc) is 3.31. The molecule has 2 aromatic carbocycles. The summed E-state index contributed by atoms with van der Waals surface area (Å²) in [7, 11) is 0. The number of esters is 4. The van der Waals surface area contributed by atoms with Crippen LogP contribution >= 0.6 is 0 Å². The number of ether oxygens (including phenoxy) is 6. The fourth-order valence-corrected chi connectivity index (χ4v) is 2.64. The molecule has 0 spiro atoms. The van der Waals surface area contributed by atoms with Crippen molar-refractivity contribution >= 4 is 23.9 Å². The molecule has 0 saturated carbocycles. The fourth-order valence-electron chi connectivity index (χ4n) is 2.64. The normalized spacial score (nSPS) is 15.2. The van der Waals surface area contributed by atoms with E-state index < -0.39 is 42.2 Å². The first-order valence-corrected chi connectivity index (χ1v) is 9.76. The molecule has 3 rings (SSSR count). The second-order valence-electron chi connectivity index (χ2n) is 6.61. The van der Waals surface area contributed by atoms with Crippen molar-refractivity contribution in [3.8, 4) is 0 Å². The lowest BCUT2D eigenvalue weighted by atomic mass is 10.2. The first-order valence-electron chi connectivity index (χ1n) is 9.76. The Bertz CT molecular complexity index is 948. The summed E-state index contributed by atoms with van der Waals surface area (Å²) in [5.74, 6) is -6.83. The highest BCUT2D eigenvalue weighted by atomic mass is 16.8. The Balaban J connectivity index is 1.60. The first-order chi connectivity index (χ1) is 15.8. The summed E-state index contributed by atoms with van der Waals surface area (Å²) in [6.45, 7) is 2.54. The molecule has 0 fully saturated rings. The topological polar surface area (TPSA) is 124 Å². The number of rotatable bonds is 8. The van der Waals surface area contributed by atoms with Crippen molar-refractivity contribution in [3.63, 3.8) is 0 Å². The second kappa shape index (κ2) is 10.3. The summed E-state index contributed by atoms with van der Waals surface area (Å²) in [5.41, 5.74) is 0.470. The monoisotopic (exact) mass is 456 g/mol. The first kappa shape index (κ1) is 23.3. The van der Waals surface area contributed by atoms with Crippen molar-refractivity contribution in [1.82, 2.24) is 0 Å². The zero-order valence-corrected chi connectivity index (χ0v) is 17.7. The minimum Gasteiger partial charge on any atom is -0.439 e. The van der Waals surface area contributed by atoms with Gasteiger partial charge in [0.2, 0.25) is 12.6 Å². The highest BCUT2D eigenvalue weighted by Gasteiger charge is 2.57. The van der Waals surface area contributed by atoms with Crippen molar-refractivity contribution in [3.05, 3.63) is 84.3 Å². The van der Waals surface area contributed by atoms with Gasteiger partial charge in [0.25, 0.3) is 0 Å². The summed E-state index contributed by atoms with van der Waals surface area (Å²) >= 11 is 0. The summed E-state index contributed by atoms with van der Waals surface area (Å²) in [6.07, 6.45) is -0.916. The number of hydrogen-bond acceptors (Lipinski definition) is 10. The molecule has 0 saturated heterocycles. The van der Waals surface area contributed by atoms with E-state index >= 15 is 0 Å². The van der Waals surface area contributed by atoms with Gasteiger partial charge in [0.1, 0.15) is 12.5 Å². The van der Waals surface area contributed by atoms with Gasteiger partial charge in [-0.05, 0) is 24.3 Å². The molecule has 0 aliphatic carbocycles. The van der Waals surface area contributed by atoms with Crippen molar-refractivity contribution in [2.75, 3.05) is 0 Å². The van der Waals surface area contributed by atoms with Gasteiger partial charge in [0.05, 0.1) is 11.1 Å². The van der Waals surface area contributed by atoms with Crippen LogP contribution in [0.2, 0.25) is 0 Å². The van der Waals surface area contributed by atoms with Crippen molar-refractivity contribution in [2.24, 2.45) is 0 Å². The summed E-state index contributed by atoms with van der Waals surface area (Å²) in [6, 6.07) is 16.0. The summed E-state index contributed by atoms with van der Waals surface area (Å²) < 4.78 is 30.1. The van der Waals surface area contributed by atoms with Gasteiger partial charge in [-0.2, -0.15) is 0 Å². The van der Waals surface area contributed by atoms with E-state index in [1.165, 1.54) is 38.1 Å². The minimum atomic E-state index is -2.65. The third kappa shape index (κ3) is 5.67. The molecule has 0 aromatic heterocycles. The lowest BCUT2D eigenvalue weighted by Crippen LogP contribution is -2.52. The number of hydrogen-bond donors (Lipinski definition) is 0. The largest absolute Gasteiger partial charge is 0.452 e. The van der Waals surface area contributed by atoms with Gasteiger partial charge < -0.3 is 28.4 Å². The maximum absolute atomic E-state index is 12.7. The molecule has 1 aliphatic rings. The molecule has 2 unspecified atom stereocenters. The van der Waals surface area contributed by atoms with E-state index in [4.69, 9.17) is 28.4 Å². The average molecular weight is 456 g/mol. The fraction of sp³-hybridized carbons (Fsp3) is 0.217. The Morgan fingerprint density at radius 2 is 1.00 bits per heavy atom. The van der Waals surface area contributed by atoms with Gasteiger partial charge in [-0.25, -0.2) is 19.2 Å². The van der Waals surface area contributed by atoms with Gasteiger partial charge >= 0.3 is 29.7 Å². The van der Waals surface area contributed by atoms with E-state index in [9.17, 15) is 19.2 Å². The number of benzene rings is 2. The predicted octanol–water partition coefficient (Wildman–Crippen LogP) is 2.69. The molecule has 172 valence electrons. The maximum atomic E-state index is 12.7. The van der Waals surface area contributed by atoms with E-state index in [0.29, 0.717) is 0 Å². The van der Waals surface area contributed by atoms with Crippen LogP contribution in [-0.2, 0) is 38.0 Å². The number of carbonyl (C=O) groups is 4. The minimum absolute atomic E-state index is 0.235. The smallest absolute Gasteiger partial charge is 0.439 e. The Hall–Kier alpha value is -4.34. The second-order valence-corrected chi connectivity index (χ2v) is 6.61. The molecule has 1 heterocycles. The molecule has 1 aliphatic heterocycles. The Kier molecular flexibility index (Phi) is 7.29. The third-order valence-corrected chi connectivity index (χ3v) is 4.17. The molecule has 10 heteroatoms. The molecular formula is C23H20O10. The van der Waals surface area contributed by atoms with Crippen LogP contribution in [0.1, 0.15) is 34.6 Å². The van der Waals surface area contributed by atoms with Gasteiger partial charge in [-0.15, -0.1) is 0 Å². The van der Waals surface area contributed by atoms with Crippen LogP contribution in [0.25, 0.3) is 0 Å².